The summed E-state index contributed by atoms with van der Waals surface area (Å²) in [4.78, 5) is 12.1. The maximum absolute atomic E-state index is 12.1. The molecular formula is C16H23ClN2O2. The van der Waals surface area contributed by atoms with Crippen molar-refractivity contribution in [2.24, 2.45) is 0 Å². The van der Waals surface area contributed by atoms with E-state index < -0.39 is 5.97 Å². The van der Waals surface area contributed by atoms with Gasteiger partial charge in [0.25, 0.3) is 0 Å². The highest BCUT2D eigenvalue weighted by Crippen LogP contribution is 2.21. The molecule has 1 aromatic carbocycles. The van der Waals surface area contributed by atoms with Crippen LogP contribution in [-0.4, -0.2) is 24.7 Å². The van der Waals surface area contributed by atoms with E-state index >= 15 is 0 Å². The highest BCUT2D eigenvalue weighted by Gasteiger charge is 2.17. The van der Waals surface area contributed by atoms with Crippen LogP contribution >= 0.6 is 11.6 Å². The fraction of sp³-hybridized carbons (Fsp3) is 0.562. The summed E-state index contributed by atoms with van der Waals surface area (Å²) in [5.74, 6) is -0.405. The lowest BCUT2D eigenvalue weighted by Gasteiger charge is -2.24. The number of rotatable bonds is 5. The maximum Gasteiger partial charge on any atom is 0.339 e. The van der Waals surface area contributed by atoms with Gasteiger partial charge in [0.05, 0.1) is 10.6 Å². The van der Waals surface area contributed by atoms with E-state index in [2.05, 4.69) is 5.32 Å². The zero-order valence-electron chi connectivity index (χ0n) is 12.4. The Bertz CT molecular complexity index is 487. The van der Waals surface area contributed by atoms with E-state index in [1.165, 1.54) is 32.1 Å². The first kappa shape index (κ1) is 16.1. The summed E-state index contributed by atoms with van der Waals surface area (Å²) in [5.41, 5.74) is 6.50. The van der Waals surface area contributed by atoms with Crippen molar-refractivity contribution >= 4 is 23.3 Å². The van der Waals surface area contributed by atoms with Gasteiger partial charge in [-0.3, -0.25) is 0 Å². The second kappa shape index (κ2) is 7.66. The van der Waals surface area contributed by atoms with Gasteiger partial charge >= 0.3 is 5.97 Å². The monoisotopic (exact) mass is 310 g/mol. The van der Waals surface area contributed by atoms with E-state index in [1.54, 1.807) is 18.2 Å². The van der Waals surface area contributed by atoms with Crippen molar-refractivity contribution in [3.8, 4) is 0 Å². The van der Waals surface area contributed by atoms with Gasteiger partial charge in [-0.15, -0.1) is 0 Å². The number of benzene rings is 1. The van der Waals surface area contributed by atoms with Crippen molar-refractivity contribution in [3.05, 3.63) is 28.8 Å². The number of nitrogens with two attached hydrogens (primary N) is 1. The molecule has 0 spiro atoms. The first-order valence-electron chi connectivity index (χ1n) is 7.55. The molecule has 21 heavy (non-hydrogen) atoms. The summed E-state index contributed by atoms with van der Waals surface area (Å²) < 4.78 is 5.42. The van der Waals surface area contributed by atoms with E-state index in [0.717, 1.165) is 0 Å². The van der Waals surface area contributed by atoms with Gasteiger partial charge < -0.3 is 15.8 Å². The number of hydrogen-bond donors (Lipinski definition) is 2. The number of nitrogens with one attached hydrogen (secondary N) is 1. The van der Waals surface area contributed by atoms with E-state index in [-0.39, 0.29) is 6.10 Å². The average molecular weight is 311 g/mol. The Kier molecular flexibility index (Phi) is 5.88. The Hall–Kier alpha value is -1.26. The fourth-order valence-electron chi connectivity index (χ4n) is 2.62. The molecule has 0 bridgehead atoms. The Labute approximate surface area is 131 Å². The van der Waals surface area contributed by atoms with Crippen LogP contribution in [0.3, 0.4) is 0 Å². The standard InChI is InChI=1S/C16H23ClN2O2/c1-11(10-19-13-5-3-2-4-6-13)21-16(20)14-8-7-12(18)9-15(14)17/h7-9,11,13,19H,2-6,10,18H2,1H3. The molecule has 2 rings (SSSR count). The first-order chi connectivity index (χ1) is 10.1. The van der Waals surface area contributed by atoms with Crippen LogP contribution < -0.4 is 11.1 Å². The third-order valence-electron chi connectivity index (χ3n) is 3.82. The second-order valence-electron chi connectivity index (χ2n) is 5.70. The van der Waals surface area contributed by atoms with Crippen molar-refractivity contribution in [1.82, 2.24) is 5.32 Å². The Morgan fingerprint density at radius 3 is 2.81 bits per heavy atom. The van der Waals surface area contributed by atoms with Gasteiger partial charge in [-0.05, 0) is 38.0 Å². The van der Waals surface area contributed by atoms with Crippen molar-refractivity contribution in [2.45, 2.75) is 51.2 Å². The molecule has 1 aromatic rings. The van der Waals surface area contributed by atoms with Gasteiger partial charge in [-0.25, -0.2) is 4.79 Å². The molecule has 0 amide bonds. The zero-order valence-corrected chi connectivity index (χ0v) is 13.2. The molecular weight excluding hydrogens is 288 g/mol. The van der Waals surface area contributed by atoms with E-state index in [4.69, 9.17) is 22.1 Å². The van der Waals surface area contributed by atoms with Crippen LogP contribution in [0.15, 0.2) is 18.2 Å². The van der Waals surface area contributed by atoms with Gasteiger partial charge in [-0.2, -0.15) is 0 Å². The lowest BCUT2D eigenvalue weighted by Crippen LogP contribution is -2.37. The molecule has 116 valence electrons. The van der Waals surface area contributed by atoms with Crippen molar-refractivity contribution in [1.29, 1.82) is 0 Å². The average Bonchev–Trinajstić information content (AvgIpc) is 2.46. The SMILES string of the molecule is CC(CNC1CCCCC1)OC(=O)c1ccc(N)cc1Cl. The molecule has 1 aliphatic carbocycles. The van der Waals surface area contributed by atoms with E-state index in [1.807, 2.05) is 6.92 Å². The van der Waals surface area contributed by atoms with Crippen molar-refractivity contribution in [3.63, 3.8) is 0 Å². The van der Waals surface area contributed by atoms with Crippen LogP contribution in [0.1, 0.15) is 49.4 Å². The lowest BCUT2D eigenvalue weighted by atomic mass is 9.95. The molecule has 3 N–H and O–H groups in total. The minimum Gasteiger partial charge on any atom is -0.458 e. The molecule has 1 saturated carbocycles. The van der Waals surface area contributed by atoms with Crippen LogP contribution in [0.2, 0.25) is 5.02 Å². The summed E-state index contributed by atoms with van der Waals surface area (Å²) in [6.45, 7) is 2.56. The summed E-state index contributed by atoms with van der Waals surface area (Å²) in [6.07, 6.45) is 6.14. The maximum atomic E-state index is 12.1. The molecule has 0 radical (unpaired) electrons. The van der Waals surface area contributed by atoms with Crippen LogP contribution in [0.4, 0.5) is 5.69 Å². The van der Waals surface area contributed by atoms with Crippen LogP contribution in [-0.2, 0) is 4.74 Å². The van der Waals surface area contributed by atoms with Gasteiger partial charge in [0.1, 0.15) is 6.10 Å². The minimum atomic E-state index is -0.405. The topological polar surface area (TPSA) is 64.3 Å². The van der Waals surface area contributed by atoms with E-state index in [0.29, 0.717) is 28.9 Å². The number of carbonyl (C=O) groups is 1. The smallest absolute Gasteiger partial charge is 0.339 e. The second-order valence-corrected chi connectivity index (χ2v) is 6.11. The van der Waals surface area contributed by atoms with Gasteiger partial charge in [0.2, 0.25) is 0 Å². The van der Waals surface area contributed by atoms with Crippen LogP contribution in [0.5, 0.6) is 0 Å². The lowest BCUT2D eigenvalue weighted by molar-refractivity contribution is 0.0334. The Morgan fingerprint density at radius 2 is 2.14 bits per heavy atom. The summed E-state index contributed by atoms with van der Waals surface area (Å²) in [7, 11) is 0. The minimum absolute atomic E-state index is 0.187. The summed E-state index contributed by atoms with van der Waals surface area (Å²) in [5, 5.41) is 3.80. The number of carbonyl (C=O) groups excluding carboxylic acids is 1. The van der Waals surface area contributed by atoms with Gasteiger partial charge in [-0.1, -0.05) is 30.9 Å². The molecule has 4 nitrogen and oxygen atoms in total. The number of anilines is 1. The predicted octanol–water partition coefficient (Wildman–Crippen LogP) is 3.39. The van der Waals surface area contributed by atoms with Crippen LogP contribution in [0.25, 0.3) is 0 Å². The molecule has 0 aromatic heterocycles. The number of halogens is 1. The third kappa shape index (κ3) is 4.90. The fourth-order valence-corrected chi connectivity index (χ4v) is 2.89. The quantitative estimate of drug-likeness (QED) is 0.646. The molecule has 1 atom stereocenters. The van der Waals surface area contributed by atoms with E-state index in [9.17, 15) is 4.79 Å². The number of hydrogen-bond acceptors (Lipinski definition) is 4. The van der Waals surface area contributed by atoms with Gasteiger partial charge in [0, 0.05) is 18.3 Å². The number of nitrogen functional groups attached to an aromatic ring is 1. The van der Waals surface area contributed by atoms with Crippen molar-refractivity contribution < 1.29 is 9.53 Å². The summed E-state index contributed by atoms with van der Waals surface area (Å²) >= 11 is 6.01. The largest absolute Gasteiger partial charge is 0.458 e. The molecule has 0 heterocycles. The third-order valence-corrected chi connectivity index (χ3v) is 4.13. The zero-order chi connectivity index (χ0) is 15.2. The highest BCUT2D eigenvalue weighted by atomic mass is 35.5. The van der Waals surface area contributed by atoms with Crippen molar-refractivity contribution in [2.75, 3.05) is 12.3 Å². The Balaban J connectivity index is 1.81. The molecule has 1 aliphatic rings. The van der Waals surface area contributed by atoms with Crippen LogP contribution in [0, 0.1) is 0 Å². The molecule has 5 heteroatoms. The highest BCUT2D eigenvalue weighted by molar-refractivity contribution is 6.33. The molecule has 0 aliphatic heterocycles. The number of esters is 1. The first-order valence-corrected chi connectivity index (χ1v) is 7.93. The predicted molar refractivity (Wildman–Crippen MR) is 85.6 cm³/mol. The van der Waals surface area contributed by atoms with Gasteiger partial charge in [0.15, 0.2) is 0 Å². The molecule has 1 unspecified atom stereocenters. The molecule has 0 saturated heterocycles. The molecule has 1 fully saturated rings. The Morgan fingerprint density at radius 1 is 1.43 bits per heavy atom. The summed E-state index contributed by atoms with van der Waals surface area (Å²) in [6, 6.07) is 5.36. The normalized spacial score (nSPS) is 17.4. The number of ether oxygens (including phenoxy) is 1.